The van der Waals surface area contributed by atoms with Crippen LogP contribution in [-0.2, 0) is 32.7 Å². The van der Waals surface area contributed by atoms with E-state index in [0.29, 0.717) is 30.3 Å². The quantitative estimate of drug-likeness (QED) is 0.0197. The molecule has 0 aliphatic heterocycles. The first-order chi connectivity index (χ1) is 28.5. The Morgan fingerprint density at radius 3 is 1.51 bits per heavy atom. The number of rotatable bonds is 41. The number of carbonyl (C=O) groups is 2. The number of quaternary nitrogens is 1. The Hall–Kier alpha value is -2.55. The molecule has 0 aliphatic carbocycles. The van der Waals surface area contributed by atoms with Crippen LogP contribution in [0.15, 0.2) is 72.9 Å². The first-order valence-corrected chi connectivity index (χ1v) is 24.6. The van der Waals surface area contributed by atoms with Gasteiger partial charge in [0.15, 0.2) is 6.10 Å². The molecular weight excluding hydrogens is 762 g/mol. The Balaban J connectivity index is 4.43. The van der Waals surface area contributed by atoms with E-state index in [4.69, 9.17) is 18.5 Å². The fourth-order valence-electron chi connectivity index (χ4n) is 5.86. The van der Waals surface area contributed by atoms with Crippen molar-refractivity contribution < 1.29 is 42.1 Å². The number of unbranched alkanes of at least 4 members (excludes halogenated alkanes) is 15. The normalized spacial score (nSPS) is 14.2. The fraction of sp³-hybridized carbons (Fsp3) is 0.714. The molecule has 0 bridgehead atoms. The Kier molecular flexibility index (Phi) is 39.1. The van der Waals surface area contributed by atoms with Crippen molar-refractivity contribution in [1.29, 1.82) is 0 Å². The Labute approximate surface area is 361 Å². The lowest BCUT2D eigenvalue weighted by Crippen LogP contribution is -2.37. The number of esters is 2. The molecule has 0 aromatic heterocycles. The minimum Gasteiger partial charge on any atom is -0.756 e. The highest BCUT2D eigenvalue weighted by Gasteiger charge is 2.21. The molecule has 0 spiro atoms. The lowest BCUT2D eigenvalue weighted by Gasteiger charge is -2.28. The molecule has 0 amide bonds. The van der Waals surface area contributed by atoms with Crippen molar-refractivity contribution in [3.8, 4) is 0 Å². The van der Waals surface area contributed by atoms with Crippen LogP contribution in [0.4, 0.5) is 0 Å². The third-order valence-corrected chi connectivity index (χ3v) is 10.4. The minimum atomic E-state index is -4.65. The summed E-state index contributed by atoms with van der Waals surface area (Å²) in [5, 5.41) is 0. The van der Waals surface area contributed by atoms with Gasteiger partial charge < -0.3 is 27.9 Å². The molecule has 59 heavy (non-hydrogen) atoms. The summed E-state index contributed by atoms with van der Waals surface area (Å²) in [7, 11) is 1.12. The lowest BCUT2D eigenvalue weighted by atomic mass is 10.1. The molecule has 0 saturated heterocycles. The highest BCUT2D eigenvalue weighted by atomic mass is 31.2. The van der Waals surface area contributed by atoms with Crippen molar-refractivity contribution >= 4 is 19.8 Å². The molecule has 0 heterocycles. The maximum absolute atomic E-state index is 12.7. The number of nitrogens with zero attached hydrogens (tertiary/aromatic N) is 1. The van der Waals surface area contributed by atoms with Crippen LogP contribution in [0.25, 0.3) is 0 Å². The SMILES string of the molecule is CC/C=C\C/C=C\C/C=C\C/C=C\C/C=C\CCCC(=O)OC(COC(=O)CCCCCCCCC/C=C\CCCCCCCCC)COP(=O)([O-])OCC[N+](C)(C)C. The number of hydrogen-bond donors (Lipinski definition) is 0. The first kappa shape index (κ1) is 56.5. The predicted molar refractivity (Wildman–Crippen MR) is 245 cm³/mol. The van der Waals surface area contributed by atoms with Gasteiger partial charge in [-0.3, -0.25) is 14.2 Å². The maximum Gasteiger partial charge on any atom is 0.306 e. The second-order valence-electron chi connectivity index (χ2n) is 16.4. The van der Waals surface area contributed by atoms with Gasteiger partial charge in [0.25, 0.3) is 7.82 Å². The summed E-state index contributed by atoms with van der Waals surface area (Å²) in [5.74, 6) is -0.912. The van der Waals surface area contributed by atoms with Gasteiger partial charge >= 0.3 is 11.9 Å². The second kappa shape index (κ2) is 40.8. The van der Waals surface area contributed by atoms with E-state index in [1.807, 2.05) is 27.2 Å². The zero-order valence-electron chi connectivity index (χ0n) is 38.2. The molecule has 2 atom stereocenters. The number of carbonyl (C=O) groups excluding carboxylic acids is 2. The van der Waals surface area contributed by atoms with Crippen LogP contribution in [-0.4, -0.2) is 70.0 Å². The van der Waals surface area contributed by atoms with Crippen LogP contribution in [0.5, 0.6) is 0 Å². The van der Waals surface area contributed by atoms with E-state index in [-0.39, 0.29) is 26.1 Å². The van der Waals surface area contributed by atoms with E-state index in [9.17, 15) is 19.0 Å². The summed E-state index contributed by atoms with van der Waals surface area (Å²) in [6.45, 7) is 4.03. The molecule has 340 valence electrons. The zero-order chi connectivity index (χ0) is 43.6. The van der Waals surface area contributed by atoms with Gasteiger partial charge in [-0.2, -0.15) is 0 Å². The first-order valence-electron chi connectivity index (χ1n) is 23.1. The average molecular weight is 848 g/mol. The third-order valence-electron chi connectivity index (χ3n) is 9.46. The van der Waals surface area contributed by atoms with Gasteiger partial charge in [0.05, 0.1) is 27.7 Å². The van der Waals surface area contributed by atoms with Crippen LogP contribution < -0.4 is 4.89 Å². The van der Waals surface area contributed by atoms with Crippen molar-refractivity contribution in [3.63, 3.8) is 0 Å². The lowest BCUT2D eigenvalue weighted by molar-refractivity contribution is -0.870. The van der Waals surface area contributed by atoms with Crippen LogP contribution in [0.1, 0.15) is 174 Å². The predicted octanol–water partition coefficient (Wildman–Crippen LogP) is 12.8. The van der Waals surface area contributed by atoms with Gasteiger partial charge in [-0.1, -0.05) is 157 Å². The Morgan fingerprint density at radius 2 is 0.983 bits per heavy atom. The fourth-order valence-corrected chi connectivity index (χ4v) is 6.59. The number of phosphoric ester groups is 1. The Bertz CT molecular complexity index is 1230. The summed E-state index contributed by atoms with van der Waals surface area (Å²) in [6.07, 6.45) is 50.8. The van der Waals surface area contributed by atoms with Crippen molar-refractivity contribution in [3.05, 3.63) is 72.9 Å². The highest BCUT2D eigenvalue weighted by molar-refractivity contribution is 7.45. The monoisotopic (exact) mass is 848 g/mol. The number of allylic oxidation sites excluding steroid dienone is 12. The number of ether oxygens (including phenoxy) is 2. The third kappa shape index (κ3) is 44.8. The van der Waals surface area contributed by atoms with Gasteiger partial charge in [-0.25, -0.2) is 0 Å². The van der Waals surface area contributed by atoms with Gasteiger partial charge in [0.1, 0.15) is 19.8 Å². The van der Waals surface area contributed by atoms with Gasteiger partial charge in [0.2, 0.25) is 0 Å². The molecule has 0 fully saturated rings. The second-order valence-corrected chi connectivity index (χ2v) is 17.8. The summed E-state index contributed by atoms with van der Waals surface area (Å²) in [4.78, 5) is 37.6. The van der Waals surface area contributed by atoms with Crippen molar-refractivity contribution in [2.24, 2.45) is 0 Å². The van der Waals surface area contributed by atoms with Crippen molar-refractivity contribution in [2.75, 3.05) is 47.5 Å². The molecule has 0 aliphatic rings. The molecule has 10 heteroatoms. The average Bonchev–Trinajstić information content (AvgIpc) is 3.19. The molecule has 0 aromatic rings. The van der Waals surface area contributed by atoms with E-state index in [2.05, 4.69) is 80.7 Å². The van der Waals surface area contributed by atoms with Crippen molar-refractivity contribution in [2.45, 2.75) is 180 Å². The Morgan fingerprint density at radius 1 is 0.542 bits per heavy atom. The van der Waals surface area contributed by atoms with E-state index < -0.39 is 32.5 Å². The van der Waals surface area contributed by atoms with Crippen LogP contribution >= 0.6 is 7.82 Å². The van der Waals surface area contributed by atoms with Crippen molar-refractivity contribution in [1.82, 2.24) is 0 Å². The minimum absolute atomic E-state index is 0.0454. The van der Waals surface area contributed by atoms with Crippen LogP contribution in [0.2, 0.25) is 0 Å². The van der Waals surface area contributed by atoms with Gasteiger partial charge in [-0.05, 0) is 77.0 Å². The smallest absolute Gasteiger partial charge is 0.306 e. The molecule has 0 rings (SSSR count). The van der Waals surface area contributed by atoms with Gasteiger partial charge in [-0.15, -0.1) is 0 Å². The summed E-state index contributed by atoms with van der Waals surface area (Å²) in [5.41, 5.74) is 0. The van der Waals surface area contributed by atoms with Crippen LogP contribution in [0.3, 0.4) is 0 Å². The molecule has 0 saturated carbocycles. The standard InChI is InChI=1S/C49H86NO8P/c1-6-8-10-12-14-16-18-20-22-24-26-27-29-31-33-35-37-39-41-48(51)55-45-47(46-57-59(53,54)56-44-43-50(3,4)5)58-49(52)42-40-38-36-34-32-30-28-25-23-21-19-17-15-13-11-9-7-2/h9,11,15,17,21-24,28,30,34,36,47H,6-8,10,12-14,16,18-20,25-27,29,31-33,35,37-46H2,1-5H3/b11-9-,17-15-,23-21-,24-22-,30-28-,36-34-. The molecule has 0 radical (unpaired) electrons. The summed E-state index contributed by atoms with van der Waals surface area (Å²) < 4.78 is 33.9. The molecule has 9 nitrogen and oxygen atoms in total. The van der Waals surface area contributed by atoms with E-state index in [1.54, 1.807) is 0 Å². The molecule has 2 unspecified atom stereocenters. The molecule has 0 N–H and O–H groups in total. The summed E-state index contributed by atoms with van der Waals surface area (Å²) >= 11 is 0. The van der Waals surface area contributed by atoms with E-state index in [0.717, 1.165) is 57.8 Å². The number of likely N-dealkylation sites (N-methyl/N-ethyl adjacent to an activating group) is 1. The number of phosphoric acid groups is 1. The highest BCUT2D eigenvalue weighted by Crippen LogP contribution is 2.38. The van der Waals surface area contributed by atoms with Gasteiger partial charge in [0, 0.05) is 12.8 Å². The zero-order valence-corrected chi connectivity index (χ0v) is 39.1. The van der Waals surface area contributed by atoms with E-state index in [1.165, 1.54) is 70.6 Å². The largest absolute Gasteiger partial charge is 0.756 e. The number of hydrogen-bond acceptors (Lipinski definition) is 8. The van der Waals surface area contributed by atoms with E-state index >= 15 is 0 Å². The summed E-state index contributed by atoms with van der Waals surface area (Å²) in [6, 6.07) is 0. The molecular formula is C49H86NO8P. The molecule has 0 aromatic carbocycles. The van der Waals surface area contributed by atoms with Crippen LogP contribution in [0, 0.1) is 0 Å². The maximum atomic E-state index is 12.7. The topological polar surface area (TPSA) is 111 Å².